The first-order chi connectivity index (χ1) is 12.2. The highest BCUT2D eigenvalue weighted by atomic mass is 16.2. The summed E-state index contributed by atoms with van der Waals surface area (Å²) in [5.74, 6) is 0.449. The van der Waals surface area contributed by atoms with Gasteiger partial charge in [0.1, 0.15) is 0 Å². The van der Waals surface area contributed by atoms with Crippen LogP contribution in [-0.4, -0.2) is 41.6 Å². The highest BCUT2D eigenvalue weighted by molar-refractivity contribution is 5.74. The van der Waals surface area contributed by atoms with Crippen molar-refractivity contribution in [2.24, 2.45) is 5.92 Å². The molecule has 0 aliphatic carbocycles. The monoisotopic (exact) mass is 338 g/mol. The van der Waals surface area contributed by atoms with Crippen LogP contribution in [0.2, 0.25) is 0 Å². The summed E-state index contributed by atoms with van der Waals surface area (Å²) in [6.45, 7) is 5.63. The molecule has 2 atom stereocenters. The molecule has 132 valence electrons. The third-order valence-electron chi connectivity index (χ3n) is 4.65. The molecule has 0 spiro atoms. The molecule has 0 radical (unpaired) electrons. The number of nitrogens with one attached hydrogen (secondary N) is 2. The largest absolute Gasteiger partial charge is 0.338 e. The van der Waals surface area contributed by atoms with Crippen molar-refractivity contribution < 1.29 is 4.79 Å². The Balaban J connectivity index is 1.40. The van der Waals surface area contributed by atoms with Gasteiger partial charge in [-0.25, -0.2) is 4.79 Å². The Morgan fingerprint density at radius 3 is 2.72 bits per heavy atom. The summed E-state index contributed by atoms with van der Waals surface area (Å²) in [5, 5.41) is 6.05. The molecule has 5 heteroatoms. The summed E-state index contributed by atoms with van der Waals surface area (Å²) in [5.41, 5.74) is 2.31. The molecular formula is C20H26N4O. The molecular weight excluding hydrogens is 312 g/mol. The van der Waals surface area contributed by atoms with Crippen LogP contribution in [0.3, 0.4) is 0 Å². The fourth-order valence-electron chi connectivity index (χ4n) is 3.30. The van der Waals surface area contributed by atoms with Gasteiger partial charge >= 0.3 is 6.03 Å². The summed E-state index contributed by atoms with van der Waals surface area (Å²) in [4.78, 5) is 18.8. The normalized spacial score (nSPS) is 20.4. The third kappa shape index (κ3) is 5.29. The van der Waals surface area contributed by atoms with Crippen molar-refractivity contribution in [2.75, 3.05) is 19.6 Å². The number of carbonyl (C=O) groups excluding carboxylic acids is 1. The molecule has 0 unspecified atom stereocenters. The van der Waals surface area contributed by atoms with Crippen LogP contribution in [0.1, 0.15) is 18.2 Å². The molecule has 2 heterocycles. The molecule has 1 aliphatic heterocycles. The van der Waals surface area contributed by atoms with Gasteiger partial charge in [-0.1, -0.05) is 43.3 Å². The smallest absolute Gasteiger partial charge is 0.315 e. The summed E-state index contributed by atoms with van der Waals surface area (Å²) in [6, 6.07) is 16.4. The van der Waals surface area contributed by atoms with Crippen molar-refractivity contribution in [3.05, 3.63) is 66.0 Å². The van der Waals surface area contributed by atoms with Gasteiger partial charge in [0.05, 0.1) is 0 Å². The maximum absolute atomic E-state index is 12.1. The predicted octanol–water partition coefficient (Wildman–Crippen LogP) is 2.44. The third-order valence-corrected chi connectivity index (χ3v) is 4.65. The van der Waals surface area contributed by atoms with Crippen molar-refractivity contribution in [3.8, 4) is 0 Å². The van der Waals surface area contributed by atoms with Crippen LogP contribution in [-0.2, 0) is 13.0 Å². The van der Waals surface area contributed by atoms with Crippen LogP contribution in [0.25, 0.3) is 0 Å². The van der Waals surface area contributed by atoms with E-state index in [2.05, 4.69) is 51.7 Å². The number of pyridine rings is 1. The molecule has 0 bridgehead atoms. The van der Waals surface area contributed by atoms with Crippen molar-refractivity contribution in [3.63, 3.8) is 0 Å². The van der Waals surface area contributed by atoms with Gasteiger partial charge in [-0.15, -0.1) is 0 Å². The number of aromatic nitrogens is 1. The Hall–Kier alpha value is -2.40. The van der Waals surface area contributed by atoms with Gasteiger partial charge in [0.15, 0.2) is 0 Å². The highest BCUT2D eigenvalue weighted by Gasteiger charge is 2.30. The number of hydrogen-bond donors (Lipinski definition) is 2. The van der Waals surface area contributed by atoms with E-state index >= 15 is 0 Å². The lowest BCUT2D eigenvalue weighted by Gasteiger charge is -2.18. The van der Waals surface area contributed by atoms with Crippen molar-refractivity contribution in [2.45, 2.75) is 25.9 Å². The van der Waals surface area contributed by atoms with Gasteiger partial charge in [0.25, 0.3) is 0 Å². The van der Waals surface area contributed by atoms with Crippen LogP contribution in [0.4, 0.5) is 4.79 Å². The number of likely N-dealkylation sites (tertiary alicyclic amines) is 1. The van der Waals surface area contributed by atoms with Gasteiger partial charge in [-0.3, -0.25) is 9.88 Å². The maximum Gasteiger partial charge on any atom is 0.315 e. The van der Waals surface area contributed by atoms with E-state index in [1.165, 1.54) is 5.56 Å². The first kappa shape index (κ1) is 17.4. The molecule has 1 saturated heterocycles. The van der Waals surface area contributed by atoms with Crippen molar-refractivity contribution in [1.82, 2.24) is 20.5 Å². The molecule has 1 aromatic heterocycles. The minimum Gasteiger partial charge on any atom is -0.338 e. The number of urea groups is 1. The Bertz CT molecular complexity index is 662. The first-order valence-corrected chi connectivity index (χ1v) is 8.91. The predicted molar refractivity (Wildman–Crippen MR) is 99.1 cm³/mol. The van der Waals surface area contributed by atoms with E-state index in [4.69, 9.17) is 0 Å². The highest BCUT2D eigenvalue weighted by Crippen LogP contribution is 2.18. The van der Waals surface area contributed by atoms with E-state index in [1.54, 1.807) is 6.20 Å². The molecule has 0 saturated carbocycles. The number of carbonyl (C=O) groups is 1. The number of amides is 2. The Kier molecular flexibility index (Phi) is 6.01. The minimum absolute atomic E-state index is 0.0886. The van der Waals surface area contributed by atoms with Gasteiger partial charge in [0.2, 0.25) is 0 Å². The fraction of sp³-hybridized carbons (Fsp3) is 0.400. The van der Waals surface area contributed by atoms with Crippen LogP contribution in [0.5, 0.6) is 0 Å². The average Bonchev–Trinajstić information content (AvgIpc) is 2.96. The molecule has 2 aromatic rings. The molecule has 1 fully saturated rings. The van der Waals surface area contributed by atoms with Crippen LogP contribution < -0.4 is 10.6 Å². The lowest BCUT2D eigenvalue weighted by molar-refractivity contribution is 0.234. The maximum atomic E-state index is 12.1. The van der Waals surface area contributed by atoms with E-state index in [-0.39, 0.29) is 12.1 Å². The van der Waals surface area contributed by atoms with Gasteiger partial charge < -0.3 is 10.6 Å². The Morgan fingerprint density at radius 1 is 1.16 bits per heavy atom. The molecule has 1 aliphatic rings. The summed E-state index contributed by atoms with van der Waals surface area (Å²) in [7, 11) is 0. The summed E-state index contributed by atoms with van der Waals surface area (Å²) in [6.07, 6.45) is 2.52. The van der Waals surface area contributed by atoms with Gasteiger partial charge in [-0.2, -0.15) is 0 Å². The number of benzene rings is 1. The summed E-state index contributed by atoms with van der Waals surface area (Å²) < 4.78 is 0. The molecule has 25 heavy (non-hydrogen) atoms. The van der Waals surface area contributed by atoms with Crippen LogP contribution >= 0.6 is 0 Å². The Labute approximate surface area is 149 Å². The molecule has 2 amide bonds. The number of hydrogen-bond acceptors (Lipinski definition) is 3. The lowest BCUT2D eigenvalue weighted by atomic mass is 10.1. The molecule has 1 aromatic carbocycles. The van der Waals surface area contributed by atoms with E-state index in [1.807, 2.05) is 24.3 Å². The summed E-state index contributed by atoms with van der Waals surface area (Å²) >= 11 is 0. The van der Waals surface area contributed by atoms with Gasteiger partial charge in [0, 0.05) is 50.5 Å². The second-order valence-corrected chi connectivity index (χ2v) is 6.73. The SMILES string of the molecule is C[C@@H]1CN(Cc2ccccc2)C[C@H]1NC(=O)NCCc1ccccn1. The zero-order valence-corrected chi connectivity index (χ0v) is 14.7. The van der Waals surface area contributed by atoms with E-state index in [9.17, 15) is 4.79 Å². The van der Waals surface area contributed by atoms with Crippen molar-refractivity contribution in [1.29, 1.82) is 0 Å². The lowest BCUT2D eigenvalue weighted by Crippen LogP contribution is -2.45. The van der Waals surface area contributed by atoms with E-state index < -0.39 is 0 Å². The van der Waals surface area contributed by atoms with Crippen LogP contribution in [0.15, 0.2) is 54.7 Å². The van der Waals surface area contributed by atoms with E-state index in [0.29, 0.717) is 12.5 Å². The van der Waals surface area contributed by atoms with Crippen molar-refractivity contribution >= 4 is 6.03 Å². The average molecular weight is 338 g/mol. The van der Waals surface area contributed by atoms with Gasteiger partial charge in [-0.05, 0) is 23.6 Å². The topological polar surface area (TPSA) is 57.3 Å². The zero-order valence-electron chi connectivity index (χ0n) is 14.7. The number of rotatable bonds is 6. The quantitative estimate of drug-likeness (QED) is 0.851. The standard InChI is InChI=1S/C20H26N4O/c1-16-13-24(14-17-7-3-2-4-8-17)15-19(16)23-20(25)22-12-10-18-9-5-6-11-21-18/h2-9,11,16,19H,10,12-15H2,1H3,(H2,22,23,25)/t16-,19-/m1/s1. The second kappa shape index (κ2) is 8.62. The molecule has 3 rings (SSSR count). The van der Waals surface area contributed by atoms with E-state index in [0.717, 1.165) is 31.7 Å². The second-order valence-electron chi connectivity index (χ2n) is 6.73. The number of nitrogens with zero attached hydrogens (tertiary/aromatic N) is 2. The first-order valence-electron chi connectivity index (χ1n) is 8.91. The van der Waals surface area contributed by atoms with Crippen LogP contribution in [0, 0.1) is 5.92 Å². The molecule has 5 nitrogen and oxygen atoms in total. The minimum atomic E-state index is -0.0886. The molecule has 2 N–H and O–H groups in total. The fourth-order valence-corrected chi connectivity index (χ4v) is 3.30. The Morgan fingerprint density at radius 2 is 1.96 bits per heavy atom. The zero-order chi connectivity index (χ0) is 17.5.